The summed E-state index contributed by atoms with van der Waals surface area (Å²) in [6.07, 6.45) is 2.50. The number of fused-ring (bicyclic) bond motifs is 1. The highest BCUT2D eigenvalue weighted by atomic mass is 16.4. The summed E-state index contributed by atoms with van der Waals surface area (Å²) in [4.78, 5) is 6.83. The fourth-order valence-electron chi connectivity index (χ4n) is 2.58. The second-order valence-corrected chi connectivity index (χ2v) is 5.65. The molecule has 90 valence electrons. The van der Waals surface area contributed by atoms with E-state index in [9.17, 15) is 0 Å². The van der Waals surface area contributed by atoms with E-state index in [0.717, 1.165) is 30.2 Å². The van der Waals surface area contributed by atoms with Crippen molar-refractivity contribution in [3.63, 3.8) is 0 Å². The molecular weight excluding hydrogens is 212 g/mol. The second-order valence-electron chi connectivity index (χ2n) is 5.65. The van der Waals surface area contributed by atoms with Crippen LogP contribution in [0.15, 0.2) is 28.7 Å². The first kappa shape index (κ1) is 10.6. The molecule has 0 radical (unpaired) electrons. The van der Waals surface area contributed by atoms with Crippen LogP contribution in [0.25, 0.3) is 11.1 Å². The van der Waals surface area contributed by atoms with Crippen LogP contribution in [0, 0.1) is 5.41 Å². The number of nitrogens with zero attached hydrogens (tertiary/aromatic N) is 2. The second kappa shape index (κ2) is 3.76. The maximum Gasteiger partial charge on any atom is 0.298 e. The number of hydrogen-bond donors (Lipinski definition) is 0. The monoisotopic (exact) mass is 230 g/mol. The van der Waals surface area contributed by atoms with Crippen molar-refractivity contribution in [2.45, 2.75) is 26.7 Å². The van der Waals surface area contributed by atoms with Gasteiger partial charge in [-0.05, 0) is 30.4 Å². The molecule has 2 heterocycles. The number of oxazole rings is 1. The molecule has 0 aliphatic carbocycles. The fourth-order valence-corrected chi connectivity index (χ4v) is 2.58. The Morgan fingerprint density at radius 3 is 2.88 bits per heavy atom. The Balaban J connectivity index is 1.93. The Morgan fingerprint density at radius 1 is 1.29 bits per heavy atom. The third-order valence-electron chi connectivity index (χ3n) is 3.45. The molecule has 1 aromatic carbocycles. The number of rotatable bonds is 1. The Hall–Kier alpha value is -1.51. The van der Waals surface area contributed by atoms with Gasteiger partial charge in [0.05, 0.1) is 0 Å². The summed E-state index contributed by atoms with van der Waals surface area (Å²) in [5.41, 5.74) is 2.19. The summed E-state index contributed by atoms with van der Waals surface area (Å²) in [6.45, 7) is 6.69. The van der Waals surface area contributed by atoms with E-state index in [2.05, 4.69) is 23.7 Å². The number of anilines is 1. The van der Waals surface area contributed by atoms with Gasteiger partial charge in [0.2, 0.25) is 0 Å². The Bertz CT molecular complexity index is 497. The zero-order chi connectivity index (χ0) is 11.9. The molecule has 0 saturated carbocycles. The third kappa shape index (κ3) is 2.02. The van der Waals surface area contributed by atoms with Gasteiger partial charge in [-0.25, -0.2) is 0 Å². The summed E-state index contributed by atoms with van der Waals surface area (Å²) in [7, 11) is 0. The Labute approximate surface area is 101 Å². The van der Waals surface area contributed by atoms with Gasteiger partial charge in [-0.15, -0.1) is 0 Å². The number of hydrogen-bond acceptors (Lipinski definition) is 3. The smallest absolute Gasteiger partial charge is 0.298 e. The predicted molar refractivity (Wildman–Crippen MR) is 69.2 cm³/mol. The fraction of sp³-hybridized carbons (Fsp3) is 0.500. The van der Waals surface area contributed by atoms with Gasteiger partial charge in [-0.1, -0.05) is 26.0 Å². The van der Waals surface area contributed by atoms with Gasteiger partial charge in [-0.3, -0.25) is 0 Å². The van der Waals surface area contributed by atoms with Crippen LogP contribution in [-0.2, 0) is 0 Å². The summed E-state index contributed by atoms with van der Waals surface area (Å²) >= 11 is 0. The average Bonchev–Trinajstić information content (AvgIpc) is 2.71. The lowest BCUT2D eigenvalue weighted by Gasteiger charge is -2.37. The largest absolute Gasteiger partial charge is 0.423 e. The van der Waals surface area contributed by atoms with Crippen LogP contribution in [0.1, 0.15) is 26.7 Å². The van der Waals surface area contributed by atoms with Gasteiger partial charge in [0.25, 0.3) is 6.01 Å². The van der Waals surface area contributed by atoms with Crippen LogP contribution in [0.2, 0.25) is 0 Å². The molecular formula is C14H18N2O. The van der Waals surface area contributed by atoms with Crippen LogP contribution in [0.4, 0.5) is 6.01 Å². The SMILES string of the molecule is CC1(C)CCCN(c2nc3ccccc3o2)C1. The van der Waals surface area contributed by atoms with E-state index >= 15 is 0 Å². The average molecular weight is 230 g/mol. The molecule has 1 saturated heterocycles. The number of para-hydroxylation sites is 2. The lowest BCUT2D eigenvalue weighted by Crippen LogP contribution is -2.40. The molecule has 3 nitrogen and oxygen atoms in total. The van der Waals surface area contributed by atoms with Crippen molar-refractivity contribution in [1.82, 2.24) is 4.98 Å². The number of benzene rings is 1. The minimum Gasteiger partial charge on any atom is -0.423 e. The number of piperidine rings is 1. The topological polar surface area (TPSA) is 29.3 Å². The lowest BCUT2D eigenvalue weighted by molar-refractivity contribution is 0.284. The maximum atomic E-state index is 5.82. The summed E-state index contributed by atoms with van der Waals surface area (Å²) in [5.74, 6) is 0. The van der Waals surface area contributed by atoms with E-state index in [1.807, 2.05) is 24.3 Å². The summed E-state index contributed by atoms with van der Waals surface area (Å²) in [5, 5.41) is 0. The van der Waals surface area contributed by atoms with Crippen molar-refractivity contribution in [3.8, 4) is 0 Å². The third-order valence-corrected chi connectivity index (χ3v) is 3.45. The molecule has 0 amide bonds. The highest BCUT2D eigenvalue weighted by Gasteiger charge is 2.28. The Morgan fingerprint density at radius 2 is 2.12 bits per heavy atom. The molecule has 1 aromatic heterocycles. The summed E-state index contributed by atoms with van der Waals surface area (Å²) < 4.78 is 5.82. The molecule has 0 atom stereocenters. The maximum absolute atomic E-state index is 5.82. The Kier molecular flexibility index (Phi) is 2.35. The van der Waals surface area contributed by atoms with Gasteiger partial charge < -0.3 is 9.32 Å². The molecule has 3 rings (SSSR count). The van der Waals surface area contributed by atoms with E-state index in [1.54, 1.807) is 0 Å². The van der Waals surface area contributed by atoms with Crippen molar-refractivity contribution in [3.05, 3.63) is 24.3 Å². The zero-order valence-electron chi connectivity index (χ0n) is 10.4. The highest BCUT2D eigenvalue weighted by Crippen LogP contribution is 2.32. The van der Waals surface area contributed by atoms with Crippen LogP contribution in [0.5, 0.6) is 0 Å². The van der Waals surface area contributed by atoms with E-state index < -0.39 is 0 Å². The summed E-state index contributed by atoms with van der Waals surface area (Å²) in [6, 6.07) is 8.73. The van der Waals surface area contributed by atoms with Gasteiger partial charge >= 0.3 is 0 Å². The van der Waals surface area contributed by atoms with Crippen molar-refractivity contribution in [1.29, 1.82) is 0 Å². The lowest BCUT2D eigenvalue weighted by atomic mass is 9.84. The molecule has 3 heteroatoms. The first-order chi connectivity index (χ1) is 8.14. The molecule has 0 N–H and O–H groups in total. The van der Waals surface area contributed by atoms with Crippen LogP contribution < -0.4 is 4.90 Å². The molecule has 0 bridgehead atoms. The van der Waals surface area contributed by atoms with Crippen molar-refractivity contribution in [2.75, 3.05) is 18.0 Å². The van der Waals surface area contributed by atoms with Crippen molar-refractivity contribution >= 4 is 17.1 Å². The van der Waals surface area contributed by atoms with Crippen LogP contribution >= 0.6 is 0 Å². The molecule has 1 aliphatic rings. The molecule has 17 heavy (non-hydrogen) atoms. The minimum absolute atomic E-state index is 0.360. The van der Waals surface area contributed by atoms with Gasteiger partial charge in [0.1, 0.15) is 5.52 Å². The van der Waals surface area contributed by atoms with Gasteiger partial charge in [0, 0.05) is 13.1 Å². The first-order valence-electron chi connectivity index (χ1n) is 6.25. The van der Waals surface area contributed by atoms with Crippen LogP contribution in [-0.4, -0.2) is 18.1 Å². The standard InChI is InChI=1S/C14H18N2O/c1-14(2)8-5-9-16(10-14)13-15-11-6-3-4-7-12(11)17-13/h3-4,6-7H,5,8-10H2,1-2H3. The molecule has 1 fully saturated rings. The van der Waals surface area contributed by atoms with E-state index in [0.29, 0.717) is 5.41 Å². The quantitative estimate of drug-likeness (QED) is 0.751. The number of aromatic nitrogens is 1. The van der Waals surface area contributed by atoms with E-state index in [1.165, 1.54) is 12.8 Å². The molecule has 2 aromatic rings. The zero-order valence-corrected chi connectivity index (χ0v) is 10.4. The van der Waals surface area contributed by atoms with Gasteiger partial charge in [-0.2, -0.15) is 4.98 Å². The molecule has 0 spiro atoms. The molecule has 0 unspecified atom stereocenters. The van der Waals surface area contributed by atoms with Gasteiger partial charge in [0.15, 0.2) is 5.58 Å². The van der Waals surface area contributed by atoms with E-state index in [-0.39, 0.29) is 0 Å². The normalized spacial score (nSPS) is 19.8. The minimum atomic E-state index is 0.360. The first-order valence-corrected chi connectivity index (χ1v) is 6.25. The van der Waals surface area contributed by atoms with Crippen LogP contribution in [0.3, 0.4) is 0 Å². The highest BCUT2D eigenvalue weighted by molar-refractivity contribution is 5.74. The predicted octanol–water partition coefficient (Wildman–Crippen LogP) is 3.45. The van der Waals surface area contributed by atoms with E-state index in [4.69, 9.17) is 4.42 Å². The van der Waals surface area contributed by atoms with Crippen molar-refractivity contribution < 1.29 is 4.42 Å². The van der Waals surface area contributed by atoms with Crippen molar-refractivity contribution in [2.24, 2.45) is 5.41 Å². The molecule has 1 aliphatic heterocycles.